The molecule has 8 nitrogen and oxygen atoms in total. The fourth-order valence-corrected chi connectivity index (χ4v) is 2.55. The van der Waals surface area contributed by atoms with Crippen molar-refractivity contribution in [3.8, 4) is 0 Å². The smallest absolute Gasteiger partial charge is 0.410 e. The standard InChI is InChI=1S/C16H24N4O4/c1-16(2,3)24-15(21)19-8-6-11(7-9-19)18-14-5-4-12(20(22)23)10-13(14)17/h4-5,10-11,18H,6-9,17H2,1-3H3. The van der Waals surface area contributed by atoms with Crippen molar-refractivity contribution in [1.29, 1.82) is 0 Å². The summed E-state index contributed by atoms with van der Waals surface area (Å²) in [5, 5.41) is 14.0. The molecule has 1 aromatic carbocycles. The predicted molar refractivity (Wildman–Crippen MR) is 92.0 cm³/mol. The van der Waals surface area contributed by atoms with Crippen LogP contribution in [0.5, 0.6) is 0 Å². The molecule has 1 aliphatic rings. The van der Waals surface area contributed by atoms with E-state index < -0.39 is 10.5 Å². The van der Waals surface area contributed by atoms with E-state index in [9.17, 15) is 14.9 Å². The molecule has 0 spiro atoms. The van der Waals surface area contributed by atoms with E-state index in [0.717, 1.165) is 12.8 Å². The van der Waals surface area contributed by atoms with Gasteiger partial charge in [0.05, 0.1) is 16.3 Å². The Hall–Kier alpha value is -2.51. The zero-order valence-corrected chi connectivity index (χ0v) is 14.2. The van der Waals surface area contributed by atoms with Gasteiger partial charge < -0.3 is 20.7 Å². The number of nitro groups is 1. The molecule has 0 radical (unpaired) electrons. The van der Waals surface area contributed by atoms with E-state index in [4.69, 9.17) is 10.5 Å². The van der Waals surface area contributed by atoms with Crippen LogP contribution in [0.3, 0.4) is 0 Å². The topological polar surface area (TPSA) is 111 Å². The monoisotopic (exact) mass is 336 g/mol. The molecule has 0 bridgehead atoms. The molecule has 1 amide bonds. The molecule has 1 saturated heterocycles. The fourth-order valence-electron chi connectivity index (χ4n) is 2.55. The van der Waals surface area contributed by atoms with Crippen molar-refractivity contribution in [2.24, 2.45) is 0 Å². The highest BCUT2D eigenvalue weighted by atomic mass is 16.6. The molecule has 132 valence electrons. The molecule has 0 aliphatic carbocycles. The second-order valence-corrected chi connectivity index (χ2v) is 6.91. The Morgan fingerprint density at radius 3 is 2.50 bits per heavy atom. The van der Waals surface area contributed by atoms with Crippen LogP contribution in [-0.2, 0) is 4.74 Å². The quantitative estimate of drug-likeness (QED) is 0.499. The molecule has 24 heavy (non-hydrogen) atoms. The Morgan fingerprint density at radius 1 is 1.38 bits per heavy atom. The third kappa shape index (κ3) is 4.74. The van der Waals surface area contributed by atoms with Crippen molar-refractivity contribution in [1.82, 2.24) is 4.90 Å². The Kier molecular flexibility index (Phi) is 5.16. The minimum absolute atomic E-state index is 0.0298. The molecule has 0 atom stereocenters. The number of rotatable bonds is 3. The first-order valence-electron chi connectivity index (χ1n) is 7.94. The number of carbonyl (C=O) groups is 1. The van der Waals surface area contributed by atoms with Crippen LogP contribution in [0, 0.1) is 10.1 Å². The number of nitrogens with zero attached hydrogens (tertiary/aromatic N) is 2. The molecule has 1 fully saturated rings. The number of anilines is 2. The van der Waals surface area contributed by atoms with Crippen molar-refractivity contribution in [3.05, 3.63) is 28.3 Å². The maximum Gasteiger partial charge on any atom is 0.410 e. The number of hydrogen-bond donors (Lipinski definition) is 2. The number of benzene rings is 1. The highest BCUT2D eigenvalue weighted by Crippen LogP contribution is 2.26. The van der Waals surface area contributed by atoms with Gasteiger partial charge in [0.25, 0.3) is 5.69 Å². The normalized spacial score (nSPS) is 15.9. The number of nitro benzene ring substituents is 1. The highest BCUT2D eigenvalue weighted by Gasteiger charge is 2.27. The van der Waals surface area contributed by atoms with Crippen LogP contribution in [0.2, 0.25) is 0 Å². The van der Waals surface area contributed by atoms with E-state index in [2.05, 4.69) is 5.32 Å². The minimum atomic E-state index is -0.501. The molecule has 2 rings (SSSR count). The first kappa shape index (κ1) is 17.8. The first-order chi connectivity index (χ1) is 11.2. The molecular weight excluding hydrogens is 312 g/mol. The summed E-state index contributed by atoms with van der Waals surface area (Å²) < 4.78 is 5.37. The van der Waals surface area contributed by atoms with E-state index in [1.165, 1.54) is 12.1 Å². The number of amides is 1. The number of hydrogen-bond acceptors (Lipinski definition) is 6. The lowest BCUT2D eigenvalue weighted by Crippen LogP contribution is -2.44. The Labute approximate surface area is 141 Å². The van der Waals surface area contributed by atoms with Gasteiger partial charge in [-0.15, -0.1) is 0 Å². The number of carbonyl (C=O) groups excluding carboxylic acids is 1. The molecule has 1 aromatic rings. The predicted octanol–water partition coefficient (Wildman–Crippen LogP) is 2.99. The summed E-state index contributed by atoms with van der Waals surface area (Å²) in [5.74, 6) is 0. The van der Waals surface area contributed by atoms with Crippen LogP contribution >= 0.6 is 0 Å². The number of piperidine rings is 1. The summed E-state index contributed by atoms with van der Waals surface area (Å²) in [7, 11) is 0. The maximum absolute atomic E-state index is 12.0. The van der Waals surface area contributed by atoms with Crippen LogP contribution in [0.1, 0.15) is 33.6 Å². The molecule has 8 heteroatoms. The molecule has 0 saturated carbocycles. The molecule has 1 heterocycles. The van der Waals surface area contributed by atoms with Crippen LogP contribution in [0.25, 0.3) is 0 Å². The fraction of sp³-hybridized carbons (Fsp3) is 0.562. The average molecular weight is 336 g/mol. The van der Waals surface area contributed by atoms with Crippen molar-refractivity contribution in [2.45, 2.75) is 45.3 Å². The maximum atomic E-state index is 12.0. The third-order valence-corrected chi connectivity index (χ3v) is 3.75. The van der Waals surface area contributed by atoms with Gasteiger partial charge in [0.1, 0.15) is 5.60 Å². The Bertz CT molecular complexity index is 619. The second kappa shape index (κ2) is 6.94. The zero-order valence-electron chi connectivity index (χ0n) is 14.2. The van der Waals surface area contributed by atoms with E-state index in [0.29, 0.717) is 24.5 Å². The van der Waals surface area contributed by atoms with Crippen LogP contribution in [-0.4, -0.2) is 40.6 Å². The number of likely N-dealkylation sites (tertiary alicyclic amines) is 1. The first-order valence-corrected chi connectivity index (χ1v) is 7.94. The van der Waals surface area contributed by atoms with Gasteiger partial charge in [-0.3, -0.25) is 10.1 Å². The number of non-ortho nitro benzene ring substituents is 1. The Balaban J connectivity index is 1.89. The summed E-state index contributed by atoms with van der Waals surface area (Å²) in [6.45, 7) is 6.72. The van der Waals surface area contributed by atoms with Crippen molar-refractivity contribution < 1.29 is 14.5 Å². The molecule has 0 aromatic heterocycles. The van der Waals surface area contributed by atoms with Gasteiger partial charge in [-0.25, -0.2) is 4.79 Å². The SMILES string of the molecule is CC(C)(C)OC(=O)N1CCC(Nc2ccc([N+](=O)[O-])cc2N)CC1. The van der Waals surface area contributed by atoms with Crippen molar-refractivity contribution >= 4 is 23.2 Å². The minimum Gasteiger partial charge on any atom is -0.444 e. The summed E-state index contributed by atoms with van der Waals surface area (Å²) >= 11 is 0. The van der Waals surface area contributed by atoms with E-state index in [-0.39, 0.29) is 17.8 Å². The van der Waals surface area contributed by atoms with Gasteiger partial charge in [-0.05, 0) is 39.7 Å². The van der Waals surface area contributed by atoms with Gasteiger partial charge in [0.2, 0.25) is 0 Å². The molecule has 0 unspecified atom stereocenters. The van der Waals surface area contributed by atoms with Gasteiger partial charge in [0.15, 0.2) is 0 Å². The van der Waals surface area contributed by atoms with Crippen LogP contribution < -0.4 is 11.1 Å². The number of ether oxygens (including phenoxy) is 1. The van der Waals surface area contributed by atoms with Gasteiger partial charge >= 0.3 is 6.09 Å². The van der Waals surface area contributed by atoms with E-state index >= 15 is 0 Å². The molecular formula is C16H24N4O4. The Morgan fingerprint density at radius 2 is 2.00 bits per heavy atom. The van der Waals surface area contributed by atoms with Crippen LogP contribution in [0.4, 0.5) is 21.9 Å². The van der Waals surface area contributed by atoms with Gasteiger partial charge in [-0.2, -0.15) is 0 Å². The summed E-state index contributed by atoms with van der Waals surface area (Å²) in [5.41, 5.74) is 6.36. The lowest BCUT2D eigenvalue weighted by Gasteiger charge is -2.34. The zero-order chi connectivity index (χ0) is 17.9. The van der Waals surface area contributed by atoms with Crippen LogP contribution in [0.15, 0.2) is 18.2 Å². The van der Waals surface area contributed by atoms with E-state index in [1.54, 1.807) is 11.0 Å². The lowest BCUT2D eigenvalue weighted by atomic mass is 10.0. The number of nitrogen functional groups attached to an aromatic ring is 1. The van der Waals surface area contributed by atoms with Crippen molar-refractivity contribution in [2.75, 3.05) is 24.1 Å². The number of nitrogens with two attached hydrogens (primary N) is 1. The molecule has 1 aliphatic heterocycles. The highest BCUT2D eigenvalue weighted by molar-refractivity contribution is 5.70. The average Bonchev–Trinajstić information content (AvgIpc) is 2.48. The van der Waals surface area contributed by atoms with Gasteiger partial charge in [0, 0.05) is 31.3 Å². The van der Waals surface area contributed by atoms with Gasteiger partial charge in [-0.1, -0.05) is 0 Å². The van der Waals surface area contributed by atoms with E-state index in [1.807, 2.05) is 20.8 Å². The largest absolute Gasteiger partial charge is 0.444 e. The van der Waals surface area contributed by atoms with Crippen molar-refractivity contribution in [3.63, 3.8) is 0 Å². The second-order valence-electron chi connectivity index (χ2n) is 6.91. The summed E-state index contributed by atoms with van der Waals surface area (Å²) in [6, 6.07) is 4.55. The number of nitrogens with one attached hydrogen (secondary N) is 1. The summed E-state index contributed by atoms with van der Waals surface area (Å²) in [6.07, 6.45) is 1.22. The molecule has 3 N–H and O–H groups in total. The summed E-state index contributed by atoms with van der Waals surface area (Å²) in [4.78, 5) is 24.0. The third-order valence-electron chi connectivity index (χ3n) is 3.75. The lowest BCUT2D eigenvalue weighted by molar-refractivity contribution is -0.384.